The number of carbonyl (C=O) groups excluding carboxylic acids is 1. The third-order valence-corrected chi connectivity index (χ3v) is 6.89. The third kappa shape index (κ3) is 5.81. The van der Waals surface area contributed by atoms with E-state index in [4.69, 9.17) is 39.9 Å². The van der Waals surface area contributed by atoms with Crippen molar-refractivity contribution in [3.63, 3.8) is 0 Å². The SMILES string of the molecule is Cc1c(/C=C/C(=O)NCC2CCCCC2)nn(-c2ccc(Cl)cc2Cl)c1-c1ccc(Cl)cc1. The average Bonchev–Trinajstić information content (AvgIpc) is 3.13. The van der Waals surface area contributed by atoms with Crippen molar-refractivity contribution < 1.29 is 4.79 Å². The summed E-state index contributed by atoms with van der Waals surface area (Å²) in [6.45, 7) is 2.71. The van der Waals surface area contributed by atoms with E-state index in [0.717, 1.165) is 23.4 Å². The van der Waals surface area contributed by atoms with Crippen molar-refractivity contribution in [2.45, 2.75) is 39.0 Å². The fourth-order valence-corrected chi connectivity index (χ4v) is 4.91. The van der Waals surface area contributed by atoms with Crippen molar-refractivity contribution in [1.29, 1.82) is 0 Å². The van der Waals surface area contributed by atoms with Crippen LogP contribution in [-0.4, -0.2) is 22.2 Å². The van der Waals surface area contributed by atoms with Gasteiger partial charge in [0.15, 0.2) is 0 Å². The van der Waals surface area contributed by atoms with Crippen LogP contribution in [0.2, 0.25) is 15.1 Å². The van der Waals surface area contributed by atoms with Crippen LogP contribution in [0.15, 0.2) is 48.5 Å². The molecule has 0 atom stereocenters. The summed E-state index contributed by atoms with van der Waals surface area (Å²) in [4.78, 5) is 12.4. The summed E-state index contributed by atoms with van der Waals surface area (Å²) in [6.07, 6.45) is 9.52. The Kier molecular flexibility index (Phi) is 7.79. The summed E-state index contributed by atoms with van der Waals surface area (Å²) in [5.41, 5.74) is 4.14. The Morgan fingerprint density at radius 1 is 1.06 bits per heavy atom. The molecule has 0 bridgehead atoms. The van der Waals surface area contributed by atoms with Crippen LogP contribution in [0.1, 0.15) is 43.4 Å². The predicted molar refractivity (Wildman–Crippen MR) is 137 cm³/mol. The van der Waals surface area contributed by atoms with Gasteiger partial charge in [0, 0.05) is 33.8 Å². The number of nitrogens with zero attached hydrogens (tertiary/aromatic N) is 2. The van der Waals surface area contributed by atoms with Crippen molar-refractivity contribution in [2.24, 2.45) is 5.92 Å². The van der Waals surface area contributed by atoms with Crippen LogP contribution in [0.4, 0.5) is 0 Å². The van der Waals surface area contributed by atoms with Gasteiger partial charge in [-0.3, -0.25) is 4.79 Å². The summed E-state index contributed by atoms with van der Waals surface area (Å²) in [7, 11) is 0. The average molecular weight is 503 g/mol. The highest BCUT2D eigenvalue weighted by Gasteiger charge is 2.18. The molecule has 1 heterocycles. The van der Waals surface area contributed by atoms with Gasteiger partial charge in [-0.15, -0.1) is 0 Å². The van der Waals surface area contributed by atoms with Crippen molar-refractivity contribution in [3.05, 3.63) is 74.9 Å². The quantitative estimate of drug-likeness (QED) is 0.354. The molecule has 1 aliphatic rings. The summed E-state index contributed by atoms with van der Waals surface area (Å²) in [5.74, 6) is 0.479. The van der Waals surface area contributed by atoms with E-state index in [-0.39, 0.29) is 5.91 Å². The van der Waals surface area contributed by atoms with E-state index in [1.807, 2.05) is 37.3 Å². The van der Waals surface area contributed by atoms with Crippen LogP contribution in [0.3, 0.4) is 0 Å². The number of nitrogens with one attached hydrogen (secondary N) is 1. The van der Waals surface area contributed by atoms with Gasteiger partial charge in [-0.25, -0.2) is 4.68 Å². The molecule has 1 aliphatic carbocycles. The zero-order valence-corrected chi connectivity index (χ0v) is 20.7. The molecule has 0 aliphatic heterocycles. The van der Waals surface area contributed by atoms with Crippen molar-refractivity contribution in [2.75, 3.05) is 6.54 Å². The Morgan fingerprint density at radius 2 is 1.76 bits per heavy atom. The molecule has 0 saturated heterocycles. The first-order valence-corrected chi connectivity index (χ1v) is 12.3. The van der Waals surface area contributed by atoms with E-state index in [0.29, 0.717) is 32.4 Å². The number of rotatable bonds is 6. The molecule has 172 valence electrons. The van der Waals surface area contributed by atoms with Gasteiger partial charge in [-0.2, -0.15) is 5.10 Å². The van der Waals surface area contributed by atoms with Gasteiger partial charge < -0.3 is 5.32 Å². The van der Waals surface area contributed by atoms with Gasteiger partial charge in [0.2, 0.25) is 5.91 Å². The molecule has 33 heavy (non-hydrogen) atoms. The molecule has 4 nitrogen and oxygen atoms in total. The standard InChI is InChI=1S/C26H26Cl3N3O/c1-17-23(12-14-25(33)30-16-18-5-3-2-4-6-18)31-32(24-13-11-21(28)15-22(24)29)26(17)19-7-9-20(27)10-8-19/h7-15,18H,2-6,16H2,1H3,(H,30,33)/b14-12+. The topological polar surface area (TPSA) is 46.9 Å². The van der Waals surface area contributed by atoms with E-state index in [1.54, 1.807) is 29.0 Å². The molecule has 1 fully saturated rings. The fourth-order valence-electron chi connectivity index (χ4n) is 4.29. The molecule has 7 heteroatoms. The van der Waals surface area contributed by atoms with Crippen molar-refractivity contribution in [1.82, 2.24) is 15.1 Å². The van der Waals surface area contributed by atoms with E-state index in [2.05, 4.69) is 5.32 Å². The highest BCUT2D eigenvalue weighted by molar-refractivity contribution is 6.35. The second-order valence-corrected chi connectivity index (χ2v) is 9.74. The van der Waals surface area contributed by atoms with Gasteiger partial charge in [0.25, 0.3) is 0 Å². The van der Waals surface area contributed by atoms with Gasteiger partial charge in [0.05, 0.1) is 22.1 Å². The smallest absolute Gasteiger partial charge is 0.244 e. The summed E-state index contributed by atoms with van der Waals surface area (Å²) < 4.78 is 1.79. The monoisotopic (exact) mass is 501 g/mol. The van der Waals surface area contributed by atoms with Crippen LogP contribution in [0.5, 0.6) is 0 Å². The molecule has 1 aromatic heterocycles. The van der Waals surface area contributed by atoms with Crippen LogP contribution >= 0.6 is 34.8 Å². The first-order valence-electron chi connectivity index (χ1n) is 11.2. The number of carbonyl (C=O) groups is 1. The van der Waals surface area contributed by atoms with Crippen LogP contribution < -0.4 is 5.32 Å². The van der Waals surface area contributed by atoms with E-state index < -0.39 is 0 Å². The first kappa shape index (κ1) is 23.9. The van der Waals surface area contributed by atoms with Crippen molar-refractivity contribution >= 4 is 46.8 Å². The molecule has 0 radical (unpaired) electrons. The maximum absolute atomic E-state index is 12.4. The lowest BCUT2D eigenvalue weighted by molar-refractivity contribution is -0.116. The zero-order valence-electron chi connectivity index (χ0n) is 18.5. The van der Waals surface area contributed by atoms with E-state index in [1.165, 1.54) is 32.1 Å². The summed E-state index contributed by atoms with van der Waals surface area (Å²) in [5, 5.41) is 9.51. The lowest BCUT2D eigenvalue weighted by Crippen LogP contribution is -2.28. The minimum Gasteiger partial charge on any atom is -0.352 e. The molecule has 4 rings (SSSR count). The number of benzene rings is 2. The minimum absolute atomic E-state index is 0.105. The summed E-state index contributed by atoms with van der Waals surface area (Å²) in [6, 6.07) is 12.9. The molecule has 1 N–H and O–H groups in total. The number of hydrogen-bond acceptors (Lipinski definition) is 2. The molecule has 2 aromatic carbocycles. The number of aromatic nitrogens is 2. The molecule has 0 unspecified atom stereocenters. The molecule has 1 saturated carbocycles. The Labute approximate surface area is 209 Å². The van der Waals surface area contributed by atoms with E-state index in [9.17, 15) is 4.79 Å². The highest BCUT2D eigenvalue weighted by Crippen LogP contribution is 2.33. The molecule has 0 spiro atoms. The number of hydrogen-bond donors (Lipinski definition) is 1. The predicted octanol–water partition coefficient (Wildman–Crippen LogP) is 7.52. The van der Waals surface area contributed by atoms with Gasteiger partial charge in [0.1, 0.15) is 0 Å². The Balaban J connectivity index is 1.63. The molecule has 3 aromatic rings. The van der Waals surface area contributed by atoms with E-state index >= 15 is 0 Å². The summed E-state index contributed by atoms with van der Waals surface area (Å²) >= 11 is 18.7. The molecular formula is C26H26Cl3N3O. The Bertz CT molecular complexity index is 1160. The van der Waals surface area contributed by atoms with Gasteiger partial charge >= 0.3 is 0 Å². The van der Waals surface area contributed by atoms with Gasteiger partial charge in [-0.05, 0) is 62.1 Å². The number of amides is 1. The van der Waals surface area contributed by atoms with Crippen molar-refractivity contribution in [3.8, 4) is 16.9 Å². The highest BCUT2D eigenvalue weighted by atomic mass is 35.5. The number of halogens is 3. The fraction of sp³-hybridized carbons (Fsp3) is 0.308. The maximum atomic E-state index is 12.4. The second kappa shape index (κ2) is 10.8. The molecule has 1 amide bonds. The third-order valence-electron chi connectivity index (χ3n) is 6.10. The van der Waals surface area contributed by atoms with Crippen LogP contribution in [-0.2, 0) is 4.79 Å². The maximum Gasteiger partial charge on any atom is 0.244 e. The van der Waals surface area contributed by atoms with Crippen LogP contribution in [0.25, 0.3) is 23.0 Å². The Hall–Kier alpha value is -2.27. The second-order valence-electron chi connectivity index (χ2n) is 8.46. The minimum atomic E-state index is -0.105. The largest absolute Gasteiger partial charge is 0.352 e. The lowest BCUT2D eigenvalue weighted by Gasteiger charge is -2.21. The zero-order chi connectivity index (χ0) is 23.4. The first-order chi connectivity index (χ1) is 15.9. The Morgan fingerprint density at radius 3 is 2.45 bits per heavy atom. The van der Waals surface area contributed by atoms with Crippen LogP contribution in [0, 0.1) is 12.8 Å². The lowest BCUT2D eigenvalue weighted by atomic mass is 9.89. The van der Waals surface area contributed by atoms with Gasteiger partial charge in [-0.1, -0.05) is 66.2 Å². The normalized spacial score (nSPS) is 14.7. The molecular weight excluding hydrogens is 477 g/mol.